The van der Waals surface area contributed by atoms with Gasteiger partial charge in [-0.2, -0.15) is 0 Å². The highest BCUT2D eigenvalue weighted by atomic mass is 16.6. The number of hydrogen-bond acceptors (Lipinski definition) is 5. The summed E-state index contributed by atoms with van der Waals surface area (Å²) in [6.07, 6.45) is -0.0302. The molecule has 0 spiro atoms. The molecule has 1 aliphatic heterocycles. The molecule has 0 fully saturated rings. The molecule has 1 aliphatic rings. The normalized spacial score (nSPS) is 15.9. The molecule has 0 bridgehead atoms. The molecule has 1 amide bonds. The zero-order valence-electron chi connectivity index (χ0n) is 14.0. The average molecular weight is 340 g/mol. The summed E-state index contributed by atoms with van der Waals surface area (Å²) < 4.78 is 10.3. The number of alkyl carbamates (subject to hydrolysis) is 1. The molecular formula is C19H20N2O4. The maximum absolute atomic E-state index is 11.8. The Kier molecular flexibility index (Phi) is 5.51. The Balaban J connectivity index is 1.40. The Hall–Kier alpha value is -3.02. The molecular weight excluding hydrogens is 320 g/mol. The van der Waals surface area contributed by atoms with Gasteiger partial charge in [0.2, 0.25) is 0 Å². The fourth-order valence-corrected chi connectivity index (χ4v) is 2.46. The van der Waals surface area contributed by atoms with Crippen LogP contribution in [-0.2, 0) is 16.2 Å². The van der Waals surface area contributed by atoms with E-state index in [1.807, 2.05) is 54.6 Å². The van der Waals surface area contributed by atoms with Crippen molar-refractivity contribution in [2.45, 2.75) is 19.1 Å². The fraction of sp³-hybridized carbons (Fsp3) is 0.263. The van der Waals surface area contributed by atoms with Crippen molar-refractivity contribution in [3.05, 3.63) is 65.7 Å². The van der Waals surface area contributed by atoms with Crippen LogP contribution in [0.15, 0.2) is 59.8 Å². The van der Waals surface area contributed by atoms with E-state index in [4.69, 9.17) is 14.3 Å². The van der Waals surface area contributed by atoms with Crippen molar-refractivity contribution in [3.8, 4) is 5.75 Å². The molecule has 1 atom stereocenters. The number of carbonyl (C=O) groups is 1. The Morgan fingerprint density at radius 2 is 1.96 bits per heavy atom. The summed E-state index contributed by atoms with van der Waals surface area (Å²) in [7, 11) is 1.63. The van der Waals surface area contributed by atoms with Crippen molar-refractivity contribution in [2.24, 2.45) is 5.16 Å². The lowest BCUT2D eigenvalue weighted by Gasteiger charge is -2.10. The largest absolute Gasteiger partial charge is 0.497 e. The predicted octanol–water partition coefficient (Wildman–Crippen LogP) is 3.11. The van der Waals surface area contributed by atoms with Gasteiger partial charge in [0.1, 0.15) is 12.4 Å². The van der Waals surface area contributed by atoms with Crippen LogP contribution in [0.25, 0.3) is 0 Å². The highest BCUT2D eigenvalue weighted by Crippen LogP contribution is 2.19. The first kappa shape index (κ1) is 16.8. The molecule has 0 aliphatic carbocycles. The van der Waals surface area contributed by atoms with Crippen molar-refractivity contribution in [1.29, 1.82) is 0 Å². The Morgan fingerprint density at radius 3 is 2.68 bits per heavy atom. The van der Waals surface area contributed by atoms with Gasteiger partial charge in [0, 0.05) is 6.42 Å². The maximum atomic E-state index is 11.8. The molecule has 6 heteroatoms. The molecule has 2 aromatic carbocycles. The number of ether oxygens (including phenoxy) is 2. The molecule has 0 radical (unpaired) electrons. The quantitative estimate of drug-likeness (QED) is 0.877. The van der Waals surface area contributed by atoms with E-state index in [0.717, 1.165) is 22.6 Å². The minimum atomic E-state index is -0.467. The molecule has 2 aromatic rings. The third kappa shape index (κ3) is 4.73. The number of benzene rings is 2. The van der Waals surface area contributed by atoms with Crippen LogP contribution in [-0.4, -0.2) is 31.6 Å². The Labute approximate surface area is 146 Å². The number of hydrogen-bond donors (Lipinski definition) is 1. The van der Waals surface area contributed by atoms with Gasteiger partial charge in [0.05, 0.1) is 19.4 Å². The van der Waals surface area contributed by atoms with Gasteiger partial charge >= 0.3 is 6.09 Å². The SMILES string of the molecule is COc1ccc(C2=NOC(CNC(=O)OCc3ccccc3)C2)cc1. The van der Waals surface area contributed by atoms with E-state index in [9.17, 15) is 4.79 Å². The van der Waals surface area contributed by atoms with Crippen LogP contribution in [0.5, 0.6) is 5.75 Å². The second-order valence-corrected chi connectivity index (χ2v) is 5.64. The summed E-state index contributed by atoms with van der Waals surface area (Å²) in [6, 6.07) is 17.2. The van der Waals surface area contributed by atoms with Gasteiger partial charge in [-0.15, -0.1) is 0 Å². The van der Waals surface area contributed by atoms with Gasteiger partial charge in [0.25, 0.3) is 0 Å². The van der Waals surface area contributed by atoms with Gasteiger partial charge in [0.15, 0.2) is 6.10 Å². The summed E-state index contributed by atoms with van der Waals surface area (Å²) in [5, 5.41) is 6.80. The van der Waals surface area contributed by atoms with Crippen molar-refractivity contribution in [3.63, 3.8) is 0 Å². The van der Waals surface area contributed by atoms with E-state index < -0.39 is 6.09 Å². The molecule has 3 rings (SSSR count). The number of nitrogens with one attached hydrogen (secondary N) is 1. The Morgan fingerprint density at radius 1 is 1.20 bits per heavy atom. The Bertz CT molecular complexity index is 729. The summed E-state index contributed by atoms with van der Waals surface area (Å²) in [5.74, 6) is 0.794. The van der Waals surface area contributed by atoms with Crippen molar-refractivity contribution in [2.75, 3.05) is 13.7 Å². The fourth-order valence-electron chi connectivity index (χ4n) is 2.46. The van der Waals surface area contributed by atoms with Gasteiger partial charge in [-0.25, -0.2) is 4.79 Å². The van der Waals surface area contributed by atoms with Crippen LogP contribution in [0.1, 0.15) is 17.5 Å². The van der Waals surface area contributed by atoms with E-state index in [2.05, 4.69) is 10.5 Å². The number of methoxy groups -OCH3 is 1. The maximum Gasteiger partial charge on any atom is 0.407 e. The van der Waals surface area contributed by atoms with Crippen LogP contribution in [0, 0.1) is 0 Å². The first-order valence-corrected chi connectivity index (χ1v) is 8.06. The summed E-state index contributed by atoms with van der Waals surface area (Å²) in [5.41, 5.74) is 2.78. The van der Waals surface area contributed by atoms with Gasteiger partial charge < -0.3 is 19.6 Å². The minimum Gasteiger partial charge on any atom is -0.497 e. The number of oxime groups is 1. The third-order valence-electron chi connectivity index (χ3n) is 3.84. The van der Waals surface area contributed by atoms with E-state index in [0.29, 0.717) is 13.0 Å². The molecule has 130 valence electrons. The van der Waals surface area contributed by atoms with Gasteiger partial charge in [-0.05, 0) is 35.4 Å². The minimum absolute atomic E-state index is 0.193. The summed E-state index contributed by atoms with van der Waals surface area (Å²) in [6.45, 7) is 0.586. The molecule has 0 saturated heterocycles. The predicted molar refractivity (Wildman–Crippen MR) is 93.7 cm³/mol. The van der Waals surface area contributed by atoms with Crippen LogP contribution < -0.4 is 10.1 Å². The molecule has 1 unspecified atom stereocenters. The van der Waals surface area contributed by atoms with Crippen LogP contribution in [0.2, 0.25) is 0 Å². The monoisotopic (exact) mass is 340 g/mol. The molecule has 25 heavy (non-hydrogen) atoms. The number of carbonyl (C=O) groups excluding carboxylic acids is 1. The molecule has 0 saturated carbocycles. The van der Waals surface area contributed by atoms with E-state index in [1.54, 1.807) is 7.11 Å². The first-order valence-electron chi connectivity index (χ1n) is 8.06. The highest BCUT2D eigenvalue weighted by Gasteiger charge is 2.23. The molecule has 1 heterocycles. The highest BCUT2D eigenvalue weighted by molar-refractivity contribution is 6.01. The van der Waals surface area contributed by atoms with E-state index in [1.165, 1.54) is 0 Å². The van der Waals surface area contributed by atoms with Gasteiger partial charge in [-0.3, -0.25) is 0 Å². The molecule has 0 aromatic heterocycles. The van der Waals surface area contributed by atoms with Crippen molar-refractivity contribution in [1.82, 2.24) is 5.32 Å². The second kappa shape index (κ2) is 8.19. The van der Waals surface area contributed by atoms with E-state index >= 15 is 0 Å². The van der Waals surface area contributed by atoms with Gasteiger partial charge in [-0.1, -0.05) is 35.5 Å². The van der Waals surface area contributed by atoms with Crippen LogP contribution in [0.4, 0.5) is 4.79 Å². The molecule has 1 N–H and O–H groups in total. The number of nitrogens with zero attached hydrogens (tertiary/aromatic N) is 1. The lowest BCUT2D eigenvalue weighted by molar-refractivity contribution is 0.0797. The standard InChI is InChI=1S/C19H20N2O4/c1-23-16-9-7-15(8-10-16)18-11-17(25-21-18)12-20-19(22)24-13-14-5-3-2-4-6-14/h2-10,17H,11-13H2,1H3,(H,20,22). The second-order valence-electron chi connectivity index (χ2n) is 5.64. The summed E-state index contributed by atoms with van der Waals surface area (Å²) in [4.78, 5) is 17.1. The number of rotatable bonds is 6. The first-order chi connectivity index (χ1) is 12.2. The topological polar surface area (TPSA) is 69.2 Å². The molecule has 6 nitrogen and oxygen atoms in total. The average Bonchev–Trinajstić information content (AvgIpc) is 3.14. The van der Waals surface area contributed by atoms with Crippen molar-refractivity contribution >= 4 is 11.8 Å². The lowest BCUT2D eigenvalue weighted by atomic mass is 10.1. The van der Waals surface area contributed by atoms with Crippen LogP contribution >= 0.6 is 0 Å². The summed E-state index contributed by atoms with van der Waals surface area (Å²) >= 11 is 0. The van der Waals surface area contributed by atoms with Crippen molar-refractivity contribution < 1.29 is 19.1 Å². The van der Waals surface area contributed by atoms with E-state index in [-0.39, 0.29) is 12.7 Å². The zero-order chi connectivity index (χ0) is 17.5. The lowest BCUT2D eigenvalue weighted by Crippen LogP contribution is -2.32. The third-order valence-corrected chi connectivity index (χ3v) is 3.84. The number of amides is 1. The smallest absolute Gasteiger partial charge is 0.407 e. The zero-order valence-corrected chi connectivity index (χ0v) is 14.0. The van der Waals surface area contributed by atoms with Crippen LogP contribution in [0.3, 0.4) is 0 Å².